The van der Waals surface area contributed by atoms with Crippen LogP contribution in [0.4, 0.5) is 0 Å². The fraction of sp³-hybridized carbons (Fsp3) is 0.776. The molecule has 0 spiro atoms. The Morgan fingerprint density at radius 3 is 0.984 bits per heavy atom. The molecule has 6 heteroatoms. The Morgan fingerprint density at radius 2 is 0.578 bits per heavy atom. The van der Waals surface area contributed by atoms with Gasteiger partial charge < -0.3 is 14.2 Å². The third-order valence-electron chi connectivity index (χ3n) is 11.7. The summed E-state index contributed by atoms with van der Waals surface area (Å²) < 4.78 is 16.8. The van der Waals surface area contributed by atoms with E-state index < -0.39 is 6.10 Å². The first-order chi connectivity index (χ1) is 31.5. The predicted octanol–water partition coefficient (Wildman–Crippen LogP) is 18.0. The Balaban J connectivity index is 4.45. The summed E-state index contributed by atoms with van der Waals surface area (Å²) in [7, 11) is 0. The van der Waals surface area contributed by atoms with Crippen LogP contribution in [0.5, 0.6) is 0 Å². The van der Waals surface area contributed by atoms with Crippen LogP contribution in [0.25, 0.3) is 0 Å². The van der Waals surface area contributed by atoms with Gasteiger partial charge in [-0.15, -0.1) is 0 Å². The van der Waals surface area contributed by atoms with Crippen LogP contribution in [0.2, 0.25) is 0 Å². The lowest BCUT2D eigenvalue weighted by molar-refractivity contribution is -0.167. The van der Waals surface area contributed by atoms with Crippen LogP contribution in [0, 0.1) is 0 Å². The number of hydrogen-bond acceptors (Lipinski definition) is 6. The molecule has 370 valence electrons. The Kier molecular flexibility index (Phi) is 50.4. The standard InChI is InChI=1S/C58H102O6/c1-4-7-10-13-16-19-22-25-27-29-31-33-36-39-42-45-48-51-57(60)63-54-55(53-62-56(59)50-47-44-41-38-35-24-21-18-15-12-9-6-3)64-58(61)52-49-46-43-40-37-34-32-30-28-26-23-20-17-14-11-8-5-2/h18,21,25-28,31,33,39,42,55H,4-17,19-20,22-24,29-30,32,34-38,40-41,43-54H2,1-3H3/b21-18-,27-25-,28-26-,33-31-,42-39-. The molecule has 0 radical (unpaired) electrons. The van der Waals surface area contributed by atoms with Crippen LogP contribution in [-0.2, 0) is 28.6 Å². The fourth-order valence-corrected chi connectivity index (χ4v) is 7.56. The Bertz CT molecular complexity index is 1170. The van der Waals surface area contributed by atoms with Crippen molar-refractivity contribution in [3.63, 3.8) is 0 Å². The zero-order valence-electron chi connectivity index (χ0n) is 42.3. The van der Waals surface area contributed by atoms with E-state index in [2.05, 4.69) is 81.5 Å². The predicted molar refractivity (Wildman–Crippen MR) is 275 cm³/mol. The van der Waals surface area contributed by atoms with Crippen LogP contribution in [-0.4, -0.2) is 37.2 Å². The van der Waals surface area contributed by atoms with Crippen molar-refractivity contribution in [2.75, 3.05) is 13.2 Å². The van der Waals surface area contributed by atoms with Crippen molar-refractivity contribution in [1.29, 1.82) is 0 Å². The number of esters is 3. The second kappa shape index (κ2) is 52.7. The van der Waals surface area contributed by atoms with E-state index in [9.17, 15) is 14.4 Å². The molecule has 0 saturated carbocycles. The highest BCUT2D eigenvalue weighted by Crippen LogP contribution is 2.14. The maximum atomic E-state index is 12.8. The molecule has 0 aromatic carbocycles. The van der Waals surface area contributed by atoms with E-state index in [1.807, 2.05) is 0 Å². The number of carbonyl (C=O) groups excluding carboxylic acids is 3. The van der Waals surface area contributed by atoms with Gasteiger partial charge in [0.1, 0.15) is 13.2 Å². The normalized spacial score (nSPS) is 12.5. The molecular weight excluding hydrogens is 793 g/mol. The number of ether oxygens (including phenoxy) is 3. The van der Waals surface area contributed by atoms with E-state index in [0.717, 1.165) is 64.2 Å². The van der Waals surface area contributed by atoms with Gasteiger partial charge in [-0.05, 0) is 103 Å². The minimum absolute atomic E-state index is 0.0954. The number of allylic oxidation sites excluding steroid dienone is 10. The molecule has 0 bridgehead atoms. The van der Waals surface area contributed by atoms with E-state index in [1.165, 1.54) is 161 Å². The molecule has 0 aliphatic heterocycles. The van der Waals surface area contributed by atoms with Crippen LogP contribution in [0.3, 0.4) is 0 Å². The average molecular weight is 895 g/mol. The lowest BCUT2D eigenvalue weighted by Crippen LogP contribution is -2.30. The second-order valence-corrected chi connectivity index (χ2v) is 18.1. The minimum atomic E-state index is -0.799. The summed E-state index contributed by atoms with van der Waals surface area (Å²) in [5, 5.41) is 0. The maximum Gasteiger partial charge on any atom is 0.306 e. The third kappa shape index (κ3) is 50.1. The number of hydrogen-bond donors (Lipinski definition) is 0. The molecule has 6 nitrogen and oxygen atoms in total. The summed E-state index contributed by atoms with van der Waals surface area (Å²) in [6, 6.07) is 0. The first-order valence-electron chi connectivity index (χ1n) is 27.3. The van der Waals surface area contributed by atoms with E-state index in [0.29, 0.717) is 19.3 Å². The van der Waals surface area contributed by atoms with Gasteiger partial charge in [0.25, 0.3) is 0 Å². The molecule has 0 aliphatic rings. The van der Waals surface area contributed by atoms with Crippen molar-refractivity contribution in [1.82, 2.24) is 0 Å². The van der Waals surface area contributed by atoms with Gasteiger partial charge in [-0.25, -0.2) is 0 Å². The SMILES string of the molecule is CCCCC/C=C\CCCCCCCC(=O)OCC(COC(=O)CCC/C=C\C/C=C\C/C=C\CCCCCCCC)OC(=O)CCCCCCCCC/C=C\CCCCCCCC. The van der Waals surface area contributed by atoms with Gasteiger partial charge in [0.15, 0.2) is 6.10 Å². The number of carbonyl (C=O) groups is 3. The highest BCUT2D eigenvalue weighted by molar-refractivity contribution is 5.71. The van der Waals surface area contributed by atoms with Crippen molar-refractivity contribution in [2.45, 2.75) is 277 Å². The number of rotatable bonds is 49. The minimum Gasteiger partial charge on any atom is -0.462 e. The largest absolute Gasteiger partial charge is 0.462 e. The topological polar surface area (TPSA) is 78.9 Å². The van der Waals surface area contributed by atoms with Crippen LogP contribution in [0.15, 0.2) is 60.8 Å². The van der Waals surface area contributed by atoms with Gasteiger partial charge in [-0.1, -0.05) is 210 Å². The smallest absolute Gasteiger partial charge is 0.306 e. The summed E-state index contributed by atoms with van der Waals surface area (Å²) in [6.45, 7) is 6.56. The van der Waals surface area contributed by atoms with Gasteiger partial charge in [-0.2, -0.15) is 0 Å². The Hall–Kier alpha value is -2.89. The molecule has 0 amide bonds. The van der Waals surface area contributed by atoms with Gasteiger partial charge in [0, 0.05) is 19.3 Å². The van der Waals surface area contributed by atoms with Gasteiger partial charge in [0.2, 0.25) is 0 Å². The van der Waals surface area contributed by atoms with E-state index >= 15 is 0 Å². The summed E-state index contributed by atoms with van der Waals surface area (Å²) in [5.41, 5.74) is 0. The third-order valence-corrected chi connectivity index (χ3v) is 11.7. The quantitative estimate of drug-likeness (QED) is 0.0262. The monoisotopic (exact) mass is 895 g/mol. The molecular formula is C58H102O6. The molecule has 0 aromatic rings. The molecule has 0 rings (SSSR count). The van der Waals surface area contributed by atoms with Crippen LogP contribution >= 0.6 is 0 Å². The molecule has 0 N–H and O–H groups in total. The highest BCUT2D eigenvalue weighted by atomic mass is 16.6. The summed E-state index contributed by atoms with van der Waals surface area (Å²) in [6.07, 6.45) is 65.0. The molecule has 64 heavy (non-hydrogen) atoms. The summed E-state index contributed by atoms with van der Waals surface area (Å²) >= 11 is 0. The van der Waals surface area contributed by atoms with Crippen molar-refractivity contribution in [3.05, 3.63) is 60.8 Å². The lowest BCUT2D eigenvalue weighted by Gasteiger charge is -2.18. The lowest BCUT2D eigenvalue weighted by atomic mass is 10.1. The zero-order chi connectivity index (χ0) is 46.5. The molecule has 0 fully saturated rings. The number of unbranched alkanes of at least 4 members (excludes halogenated alkanes) is 28. The zero-order valence-corrected chi connectivity index (χ0v) is 42.3. The molecule has 0 saturated heterocycles. The second-order valence-electron chi connectivity index (χ2n) is 18.1. The first-order valence-corrected chi connectivity index (χ1v) is 27.3. The summed E-state index contributed by atoms with van der Waals surface area (Å²) in [5.74, 6) is -0.957. The van der Waals surface area contributed by atoms with Crippen molar-refractivity contribution >= 4 is 17.9 Å². The molecule has 1 atom stereocenters. The van der Waals surface area contributed by atoms with E-state index in [-0.39, 0.29) is 37.5 Å². The van der Waals surface area contributed by atoms with Gasteiger partial charge in [-0.3, -0.25) is 14.4 Å². The van der Waals surface area contributed by atoms with Gasteiger partial charge in [0.05, 0.1) is 0 Å². The van der Waals surface area contributed by atoms with E-state index in [4.69, 9.17) is 14.2 Å². The van der Waals surface area contributed by atoms with Crippen molar-refractivity contribution in [3.8, 4) is 0 Å². The first kappa shape index (κ1) is 61.1. The molecule has 0 aromatic heterocycles. The molecule has 0 aliphatic carbocycles. The van der Waals surface area contributed by atoms with Gasteiger partial charge >= 0.3 is 17.9 Å². The van der Waals surface area contributed by atoms with E-state index in [1.54, 1.807) is 0 Å². The Labute approximate surface area is 396 Å². The maximum absolute atomic E-state index is 12.8. The van der Waals surface area contributed by atoms with Crippen molar-refractivity contribution in [2.24, 2.45) is 0 Å². The van der Waals surface area contributed by atoms with Crippen LogP contribution in [0.1, 0.15) is 271 Å². The fourth-order valence-electron chi connectivity index (χ4n) is 7.56. The molecule has 1 unspecified atom stereocenters. The van der Waals surface area contributed by atoms with Crippen LogP contribution < -0.4 is 0 Å². The summed E-state index contributed by atoms with van der Waals surface area (Å²) in [4.78, 5) is 38.0. The molecule has 0 heterocycles. The van der Waals surface area contributed by atoms with Crippen molar-refractivity contribution < 1.29 is 28.6 Å². The highest BCUT2D eigenvalue weighted by Gasteiger charge is 2.19. The average Bonchev–Trinajstić information content (AvgIpc) is 3.29. The Morgan fingerprint density at radius 1 is 0.312 bits per heavy atom.